The average Bonchev–Trinajstić information content (AvgIpc) is 3.08. The first-order valence-corrected chi connectivity index (χ1v) is 9.52. The van der Waals surface area contributed by atoms with Crippen molar-refractivity contribution in [3.63, 3.8) is 0 Å². The molecule has 1 aliphatic rings. The van der Waals surface area contributed by atoms with E-state index in [2.05, 4.69) is 21.2 Å². The molecule has 2 aromatic rings. The second-order valence-corrected chi connectivity index (χ2v) is 7.46. The van der Waals surface area contributed by atoms with Crippen LogP contribution in [0.5, 0.6) is 0 Å². The number of carbonyl (C=O) groups is 2. The molecule has 4 nitrogen and oxygen atoms in total. The number of thioether (sulfide) groups is 1. The van der Waals surface area contributed by atoms with E-state index in [0.29, 0.717) is 17.2 Å². The van der Waals surface area contributed by atoms with Crippen LogP contribution >= 0.6 is 27.7 Å². The van der Waals surface area contributed by atoms with Crippen molar-refractivity contribution in [2.45, 2.75) is 13.0 Å². The number of anilines is 1. The van der Waals surface area contributed by atoms with Gasteiger partial charge in [0.05, 0.1) is 5.88 Å². The SMILES string of the molecule is Cc1ccc(NC(=O)[C@@H]2CSCN2C(=O)c2ccccc2)cc1Br. The van der Waals surface area contributed by atoms with Gasteiger partial charge in [0.15, 0.2) is 0 Å². The summed E-state index contributed by atoms with van der Waals surface area (Å²) in [7, 11) is 0. The van der Waals surface area contributed by atoms with E-state index in [1.807, 2.05) is 43.3 Å². The summed E-state index contributed by atoms with van der Waals surface area (Å²) in [4.78, 5) is 26.9. The molecule has 1 atom stereocenters. The Hall–Kier alpha value is -1.79. The quantitative estimate of drug-likeness (QED) is 0.843. The zero-order valence-electron chi connectivity index (χ0n) is 13.2. The zero-order chi connectivity index (χ0) is 17.1. The standard InChI is InChI=1S/C18H17BrN2O2S/c1-12-7-8-14(9-15(12)19)20-17(22)16-10-24-11-21(16)18(23)13-5-3-2-4-6-13/h2-9,16H,10-11H2,1H3,(H,20,22)/t16-/m0/s1. The predicted molar refractivity (Wildman–Crippen MR) is 101 cm³/mol. The van der Waals surface area contributed by atoms with Gasteiger partial charge in [0, 0.05) is 21.5 Å². The lowest BCUT2D eigenvalue weighted by atomic mass is 10.1. The lowest BCUT2D eigenvalue weighted by Crippen LogP contribution is -2.44. The molecule has 0 aliphatic carbocycles. The first kappa shape index (κ1) is 17.0. The van der Waals surface area contributed by atoms with E-state index < -0.39 is 6.04 Å². The van der Waals surface area contributed by atoms with Gasteiger partial charge in [0.1, 0.15) is 6.04 Å². The minimum absolute atomic E-state index is 0.106. The maximum atomic E-state index is 12.6. The van der Waals surface area contributed by atoms with E-state index in [1.54, 1.807) is 28.8 Å². The van der Waals surface area contributed by atoms with E-state index in [9.17, 15) is 9.59 Å². The third-order valence-corrected chi connectivity index (χ3v) is 5.77. The Balaban J connectivity index is 1.74. The highest BCUT2D eigenvalue weighted by Crippen LogP contribution is 2.25. The fraction of sp³-hybridized carbons (Fsp3) is 0.222. The van der Waals surface area contributed by atoms with Gasteiger partial charge < -0.3 is 10.2 Å². The summed E-state index contributed by atoms with van der Waals surface area (Å²) < 4.78 is 0.943. The number of hydrogen-bond acceptors (Lipinski definition) is 3. The Morgan fingerprint density at radius 1 is 1.21 bits per heavy atom. The van der Waals surface area contributed by atoms with Gasteiger partial charge in [-0.1, -0.05) is 40.2 Å². The lowest BCUT2D eigenvalue weighted by molar-refractivity contribution is -0.119. The molecule has 0 spiro atoms. The van der Waals surface area contributed by atoms with Crippen molar-refractivity contribution in [3.8, 4) is 0 Å². The molecule has 0 bridgehead atoms. The van der Waals surface area contributed by atoms with Crippen LogP contribution < -0.4 is 5.32 Å². The molecule has 1 fully saturated rings. The van der Waals surface area contributed by atoms with Crippen LogP contribution in [0.25, 0.3) is 0 Å². The number of aryl methyl sites for hydroxylation is 1. The largest absolute Gasteiger partial charge is 0.324 e. The van der Waals surface area contributed by atoms with E-state index in [0.717, 1.165) is 15.7 Å². The Morgan fingerprint density at radius 2 is 1.96 bits per heavy atom. The van der Waals surface area contributed by atoms with Crippen LogP contribution in [0, 0.1) is 6.92 Å². The highest BCUT2D eigenvalue weighted by molar-refractivity contribution is 9.10. The molecule has 0 radical (unpaired) electrons. The summed E-state index contributed by atoms with van der Waals surface area (Å²) in [5.74, 6) is 0.881. The van der Waals surface area contributed by atoms with E-state index >= 15 is 0 Å². The van der Waals surface area contributed by atoms with Crippen LogP contribution in [0.2, 0.25) is 0 Å². The fourth-order valence-corrected chi connectivity index (χ4v) is 4.04. The van der Waals surface area contributed by atoms with Crippen molar-refractivity contribution in [1.29, 1.82) is 0 Å². The molecule has 3 rings (SSSR count). The Morgan fingerprint density at radius 3 is 2.67 bits per heavy atom. The summed E-state index contributed by atoms with van der Waals surface area (Å²) in [6.45, 7) is 1.99. The molecule has 0 aromatic heterocycles. The smallest absolute Gasteiger partial charge is 0.255 e. The van der Waals surface area contributed by atoms with Gasteiger partial charge in [0.25, 0.3) is 5.91 Å². The summed E-state index contributed by atoms with van der Waals surface area (Å²) in [6, 6.07) is 14.3. The summed E-state index contributed by atoms with van der Waals surface area (Å²) in [5, 5.41) is 2.91. The summed E-state index contributed by atoms with van der Waals surface area (Å²) in [6.07, 6.45) is 0. The van der Waals surface area contributed by atoms with Crippen molar-refractivity contribution in [1.82, 2.24) is 4.90 Å². The van der Waals surface area contributed by atoms with Gasteiger partial charge in [-0.05, 0) is 36.8 Å². The van der Waals surface area contributed by atoms with Crippen molar-refractivity contribution in [3.05, 3.63) is 64.1 Å². The van der Waals surface area contributed by atoms with Gasteiger partial charge >= 0.3 is 0 Å². The van der Waals surface area contributed by atoms with Crippen molar-refractivity contribution >= 4 is 45.2 Å². The molecule has 1 N–H and O–H groups in total. The van der Waals surface area contributed by atoms with E-state index in [-0.39, 0.29) is 11.8 Å². The lowest BCUT2D eigenvalue weighted by Gasteiger charge is -2.23. The Bertz CT molecular complexity index is 767. The Labute approximate surface area is 153 Å². The molecule has 0 unspecified atom stereocenters. The van der Waals surface area contributed by atoms with Crippen molar-refractivity contribution in [2.24, 2.45) is 0 Å². The molecular formula is C18H17BrN2O2S. The van der Waals surface area contributed by atoms with Crippen LogP contribution in [-0.2, 0) is 4.79 Å². The van der Waals surface area contributed by atoms with E-state index in [1.165, 1.54) is 0 Å². The normalized spacial score (nSPS) is 16.9. The van der Waals surface area contributed by atoms with Crippen LogP contribution in [-0.4, -0.2) is 34.4 Å². The Kier molecular flexibility index (Phi) is 5.26. The highest BCUT2D eigenvalue weighted by atomic mass is 79.9. The maximum Gasteiger partial charge on any atom is 0.255 e. The molecule has 2 aromatic carbocycles. The summed E-state index contributed by atoms with van der Waals surface area (Å²) >= 11 is 5.06. The van der Waals surface area contributed by atoms with Crippen LogP contribution in [0.15, 0.2) is 53.0 Å². The highest BCUT2D eigenvalue weighted by Gasteiger charge is 2.35. The zero-order valence-corrected chi connectivity index (χ0v) is 15.6. The first-order chi connectivity index (χ1) is 11.6. The van der Waals surface area contributed by atoms with Crippen LogP contribution in [0.4, 0.5) is 5.69 Å². The van der Waals surface area contributed by atoms with Crippen molar-refractivity contribution in [2.75, 3.05) is 16.9 Å². The molecule has 1 aliphatic heterocycles. The number of carbonyl (C=O) groups excluding carboxylic acids is 2. The molecule has 2 amide bonds. The van der Waals surface area contributed by atoms with Gasteiger partial charge in [-0.15, -0.1) is 11.8 Å². The monoisotopic (exact) mass is 404 g/mol. The minimum atomic E-state index is -0.456. The van der Waals surface area contributed by atoms with Gasteiger partial charge in [-0.3, -0.25) is 9.59 Å². The van der Waals surface area contributed by atoms with Gasteiger partial charge in [0.2, 0.25) is 5.91 Å². The number of amides is 2. The third-order valence-electron chi connectivity index (χ3n) is 3.91. The summed E-state index contributed by atoms with van der Waals surface area (Å²) in [5.41, 5.74) is 2.43. The number of benzene rings is 2. The predicted octanol–water partition coefficient (Wildman–Crippen LogP) is 3.91. The maximum absolute atomic E-state index is 12.6. The molecule has 124 valence electrons. The molecule has 0 saturated carbocycles. The second kappa shape index (κ2) is 7.40. The number of rotatable bonds is 3. The van der Waals surface area contributed by atoms with E-state index in [4.69, 9.17) is 0 Å². The third kappa shape index (κ3) is 3.65. The molecule has 24 heavy (non-hydrogen) atoms. The van der Waals surface area contributed by atoms with Crippen molar-refractivity contribution < 1.29 is 9.59 Å². The minimum Gasteiger partial charge on any atom is -0.324 e. The number of hydrogen-bond donors (Lipinski definition) is 1. The number of nitrogens with one attached hydrogen (secondary N) is 1. The number of nitrogens with zero attached hydrogens (tertiary/aromatic N) is 1. The topological polar surface area (TPSA) is 49.4 Å². The van der Waals surface area contributed by atoms with Crippen LogP contribution in [0.1, 0.15) is 15.9 Å². The molecule has 6 heteroatoms. The molecular weight excluding hydrogens is 388 g/mol. The average molecular weight is 405 g/mol. The van der Waals surface area contributed by atoms with Gasteiger partial charge in [-0.2, -0.15) is 0 Å². The fourth-order valence-electron chi connectivity index (χ4n) is 2.50. The van der Waals surface area contributed by atoms with Gasteiger partial charge in [-0.25, -0.2) is 0 Å². The number of halogens is 1. The second-order valence-electron chi connectivity index (χ2n) is 5.61. The molecule has 1 saturated heterocycles. The van der Waals surface area contributed by atoms with Crippen LogP contribution in [0.3, 0.4) is 0 Å². The first-order valence-electron chi connectivity index (χ1n) is 7.57. The molecule has 1 heterocycles.